The van der Waals surface area contributed by atoms with Crippen LogP contribution in [-0.2, 0) is 26.6 Å². The zero-order valence-corrected chi connectivity index (χ0v) is 17.4. The fraction of sp³-hybridized carbons (Fsp3) is 0.0667. The van der Waals surface area contributed by atoms with Crippen molar-refractivity contribution in [2.45, 2.75) is 16.3 Å². The van der Waals surface area contributed by atoms with Crippen molar-refractivity contribution < 1.29 is 16.8 Å². The van der Waals surface area contributed by atoms with Crippen LogP contribution in [0.25, 0.3) is 5.03 Å². The number of hydrogen-bond donors (Lipinski definition) is 3. The van der Waals surface area contributed by atoms with Crippen molar-refractivity contribution in [3.8, 4) is 0 Å². The number of nitrogens with one attached hydrogen (secondary N) is 1. The summed E-state index contributed by atoms with van der Waals surface area (Å²) < 4.78 is 47.3. The van der Waals surface area contributed by atoms with Crippen molar-refractivity contribution in [1.29, 1.82) is 0 Å². The van der Waals surface area contributed by atoms with Gasteiger partial charge in [-0.2, -0.15) is 0 Å². The van der Waals surface area contributed by atoms with Crippen LogP contribution in [0.2, 0.25) is 0 Å². The second-order valence-corrected chi connectivity index (χ2v) is 9.74. The number of rotatable bonds is 6. The van der Waals surface area contributed by atoms with Crippen LogP contribution in [-0.4, -0.2) is 16.8 Å². The molecule has 12 heteroatoms. The topological polar surface area (TPSA) is 132 Å². The van der Waals surface area contributed by atoms with E-state index in [1.807, 2.05) is 18.2 Å². The molecule has 0 aliphatic heterocycles. The van der Waals surface area contributed by atoms with Gasteiger partial charge in [0, 0.05) is 12.1 Å². The zero-order valence-electron chi connectivity index (χ0n) is 13.5. The van der Waals surface area contributed by atoms with Gasteiger partial charge in [0.05, 0.1) is 15.6 Å². The number of benzene rings is 2. The van der Waals surface area contributed by atoms with Gasteiger partial charge >= 0.3 is 0 Å². The molecule has 0 atom stereocenters. The molecule has 0 radical (unpaired) electrons. The average molecular weight is 471 g/mol. The van der Waals surface area contributed by atoms with E-state index >= 15 is 0 Å². The lowest BCUT2D eigenvalue weighted by Gasteiger charge is -2.16. The largest absolute Gasteiger partial charge is 0.380 e. The molecule has 0 spiro atoms. The quantitative estimate of drug-likeness (QED) is 0.597. The molecule has 146 valence electrons. The van der Waals surface area contributed by atoms with Crippen LogP contribution in [0.5, 0.6) is 0 Å². The van der Waals surface area contributed by atoms with Gasteiger partial charge in [0.15, 0.2) is 0 Å². The van der Waals surface area contributed by atoms with Gasteiger partial charge in [-0.3, -0.25) is 0 Å². The fourth-order valence-corrected chi connectivity index (χ4v) is 4.20. The lowest BCUT2D eigenvalue weighted by molar-refractivity contribution is 0.596. The Balaban J connectivity index is 2.70. The zero-order chi connectivity index (χ0) is 20.4. The van der Waals surface area contributed by atoms with Gasteiger partial charge in [0.2, 0.25) is 20.0 Å². The fourth-order valence-electron chi connectivity index (χ4n) is 2.24. The maximum absolute atomic E-state index is 12.0. The first-order valence-electron chi connectivity index (χ1n) is 7.14. The summed E-state index contributed by atoms with van der Waals surface area (Å²) in [7, 11) is -8.65. The number of halogens is 3. The molecule has 0 aliphatic carbocycles. The third kappa shape index (κ3) is 5.58. The van der Waals surface area contributed by atoms with Crippen molar-refractivity contribution >= 4 is 65.6 Å². The third-order valence-corrected chi connectivity index (χ3v) is 6.29. The molecular formula is C15H14Cl3N3O4S2. The van der Waals surface area contributed by atoms with Crippen LogP contribution in [0.1, 0.15) is 11.1 Å². The molecular weight excluding hydrogens is 457 g/mol. The van der Waals surface area contributed by atoms with E-state index in [9.17, 15) is 16.8 Å². The summed E-state index contributed by atoms with van der Waals surface area (Å²) in [5, 5.41) is 13.0. The van der Waals surface area contributed by atoms with Crippen molar-refractivity contribution in [2.75, 3.05) is 5.32 Å². The second-order valence-electron chi connectivity index (χ2n) is 5.35. The van der Waals surface area contributed by atoms with E-state index in [-0.39, 0.29) is 22.8 Å². The first-order chi connectivity index (χ1) is 12.4. The van der Waals surface area contributed by atoms with Crippen LogP contribution >= 0.6 is 34.8 Å². The molecule has 7 nitrogen and oxygen atoms in total. The van der Waals surface area contributed by atoms with Gasteiger partial charge in [-0.15, -0.1) is 0 Å². The number of nitrogens with two attached hydrogens (primary N) is 2. The number of primary sulfonamides is 2. The first-order valence-corrected chi connectivity index (χ1v) is 11.4. The standard InChI is InChI=1S/C15H14Cl3N3O4S2/c16-14(15(17)18)10-6-11(21-8-9-4-2-1-3-5-9)13(27(20,24)25)7-12(10)26(19,22)23/h1-7,21H,8H2,(H2,19,22,23)(H2,20,24,25). The molecule has 0 heterocycles. The molecule has 2 aromatic carbocycles. The Morgan fingerprint density at radius 2 is 1.44 bits per heavy atom. The Bertz CT molecular complexity index is 1100. The van der Waals surface area contributed by atoms with Crippen LogP contribution in [0.4, 0.5) is 5.69 Å². The summed E-state index contributed by atoms with van der Waals surface area (Å²) >= 11 is 17.3. The van der Waals surface area contributed by atoms with Gasteiger partial charge < -0.3 is 5.32 Å². The Kier molecular flexibility index (Phi) is 6.80. The molecule has 0 amide bonds. The Morgan fingerprint density at radius 3 is 1.93 bits per heavy atom. The normalized spacial score (nSPS) is 11.9. The Labute approximate surface area is 172 Å². The maximum atomic E-state index is 12.0. The minimum absolute atomic E-state index is 0.0106. The molecule has 0 aromatic heterocycles. The molecule has 0 fully saturated rings. The van der Waals surface area contributed by atoms with E-state index in [0.717, 1.165) is 17.7 Å². The highest BCUT2D eigenvalue weighted by Crippen LogP contribution is 2.36. The van der Waals surface area contributed by atoms with Crippen LogP contribution in [0, 0.1) is 0 Å². The van der Waals surface area contributed by atoms with Gasteiger partial charge in [-0.05, 0) is 17.7 Å². The Morgan fingerprint density at radius 1 is 0.889 bits per heavy atom. The maximum Gasteiger partial charge on any atom is 0.240 e. The lowest BCUT2D eigenvalue weighted by Crippen LogP contribution is -2.19. The molecule has 27 heavy (non-hydrogen) atoms. The van der Waals surface area contributed by atoms with Gasteiger partial charge in [0.1, 0.15) is 9.39 Å². The first kappa shape index (κ1) is 22.0. The minimum Gasteiger partial charge on any atom is -0.380 e. The summed E-state index contributed by atoms with van der Waals surface area (Å²) in [4.78, 5) is -1.05. The average Bonchev–Trinajstić information content (AvgIpc) is 2.57. The van der Waals surface area contributed by atoms with E-state index in [4.69, 9.17) is 45.1 Å². The highest BCUT2D eigenvalue weighted by atomic mass is 35.5. The molecule has 0 unspecified atom stereocenters. The monoisotopic (exact) mass is 469 g/mol. The molecule has 0 saturated heterocycles. The predicted octanol–water partition coefficient (Wildman–Crippen LogP) is 2.94. The minimum atomic E-state index is -4.36. The van der Waals surface area contributed by atoms with Crippen molar-refractivity contribution in [3.63, 3.8) is 0 Å². The third-order valence-electron chi connectivity index (χ3n) is 3.42. The number of anilines is 1. The van der Waals surface area contributed by atoms with E-state index < -0.39 is 34.3 Å². The smallest absolute Gasteiger partial charge is 0.240 e. The van der Waals surface area contributed by atoms with Gasteiger partial charge in [-0.1, -0.05) is 65.1 Å². The highest BCUT2D eigenvalue weighted by Gasteiger charge is 2.25. The predicted molar refractivity (Wildman–Crippen MR) is 107 cm³/mol. The highest BCUT2D eigenvalue weighted by molar-refractivity contribution is 7.90. The SMILES string of the molecule is NS(=O)(=O)c1cc(S(N)(=O)=O)c(C(Cl)=C(Cl)Cl)cc1NCc1ccccc1. The molecule has 2 aromatic rings. The van der Waals surface area contributed by atoms with Gasteiger partial charge in [0.25, 0.3) is 0 Å². The van der Waals surface area contributed by atoms with E-state index in [2.05, 4.69) is 5.32 Å². The summed E-state index contributed by atoms with van der Waals surface area (Å²) in [6.45, 7) is 0.230. The molecule has 0 bridgehead atoms. The van der Waals surface area contributed by atoms with Gasteiger partial charge in [-0.25, -0.2) is 27.1 Å². The summed E-state index contributed by atoms with van der Waals surface area (Å²) in [6.07, 6.45) is 0. The molecule has 0 aliphatic rings. The summed E-state index contributed by atoms with van der Waals surface area (Å²) in [6, 6.07) is 11.0. The second kappa shape index (κ2) is 8.36. The number of hydrogen-bond acceptors (Lipinski definition) is 5. The van der Waals surface area contributed by atoms with E-state index in [1.165, 1.54) is 0 Å². The molecule has 2 rings (SSSR count). The summed E-state index contributed by atoms with van der Waals surface area (Å²) in [5.41, 5.74) is 0.686. The van der Waals surface area contributed by atoms with E-state index in [1.54, 1.807) is 12.1 Å². The lowest BCUT2D eigenvalue weighted by atomic mass is 10.1. The van der Waals surface area contributed by atoms with Crippen molar-refractivity contribution in [1.82, 2.24) is 0 Å². The molecule has 5 N–H and O–H groups in total. The van der Waals surface area contributed by atoms with Crippen molar-refractivity contribution in [2.24, 2.45) is 10.3 Å². The summed E-state index contributed by atoms with van der Waals surface area (Å²) in [5.74, 6) is 0. The van der Waals surface area contributed by atoms with E-state index in [0.29, 0.717) is 0 Å². The van der Waals surface area contributed by atoms with Crippen molar-refractivity contribution in [3.05, 3.63) is 58.1 Å². The number of sulfonamides is 2. The van der Waals surface area contributed by atoms with Crippen LogP contribution < -0.4 is 15.6 Å². The molecule has 0 saturated carbocycles. The Hall–Kier alpha value is -1.33. The van der Waals surface area contributed by atoms with Crippen LogP contribution in [0.3, 0.4) is 0 Å². The van der Waals surface area contributed by atoms with Crippen LogP contribution in [0.15, 0.2) is 56.7 Å².